The molecule has 0 bridgehead atoms. The van der Waals surface area contributed by atoms with E-state index in [1.165, 1.54) is 10.4 Å². The zero-order chi connectivity index (χ0) is 20.7. The minimum absolute atomic E-state index is 0.0216. The van der Waals surface area contributed by atoms with Crippen LogP contribution < -0.4 is 10.5 Å². The lowest BCUT2D eigenvalue weighted by molar-refractivity contribution is 0.244. The fourth-order valence-corrected chi connectivity index (χ4v) is 5.85. The molecule has 0 amide bonds. The van der Waals surface area contributed by atoms with Gasteiger partial charge in [0.05, 0.1) is 16.8 Å². The molecule has 1 saturated heterocycles. The Morgan fingerprint density at radius 2 is 1.83 bits per heavy atom. The summed E-state index contributed by atoms with van der Waals surface area (Å²) in [5.74, 6) is 0.753. The third-order valence-corrected chi connectivity index (χ3v) is 7.86. The second kappa shape index (κ2) is 7.94. The summed E-state index contributed by atoms with van der Waals surface area (Å²) in [7, 11) is 0. The van der Waals surface area contributed by atoms with Crippen LogP contribution in [0.5, 0.6) is 0 Å². The molecule has 1 fully saturated rings. The smallest absolute Gasteiger partial charge is 0.259 e. The summed E-state index contributed by atoms with van der Waals surface area (Å²) in [4.78, 5) is 32.8. The van der Waals surface area contributed by atoms with E-state index in [1.54, 1.807) is 22.7 Å². The third kappa shape index (κ3) is 3.66. The Balaban J connectivity index is 1.25. The van der Waals surface area contributed by atoms with E-state index in [4.69, 9.17) is 4.98 Å². The largest absolute Gasteiger partial charge is 0.346 e. The van der Waals surface area contributed by atoms with E-state index in [-0.39, 0.29) is 5.56 Å². The number of fused-ring (bicyclic) bond motifs is 1. The lowest BCUT2D eigenvalue weighted by Gasteiger charge is -2.34. The molecule has 6 nitrogen and oxygen atoms in total. The summed E-state index contributed by atoms with van der Waals surface area (Å²) in [5.41, 5.74) is 2.23. The number of H-pyrrole nitrogens is 1. The van der Waals surface area contributed by atoms with Gasteiger partial charge in [-0.05, 0) is 25.0 Å². The van der Waals surface area contributed by atoms with Gasteiger partial charge in [0.15, 0.2) is 5.13 Å². The average Bonchev–Trinajstić information content (AvgIpc) is 3.35. The second-order valence-electron chi connectivity index (χ2n) is 7.61. The van der Waals surface area contributed by atoms with Crippen LogP contribution in [0, 0.1) is 13.8 Å². The zero-order valence-corrected chi connectivity index (χ0v) is 18.6. The molecule has 0 saturated carbocycles. The highest BCUT2D eigenvalue weighted by molar-refractivity contribution is 7.19. The van der Waals surface area contributed by atoms with E-state index >= 15 is 0 Å². The fraction of sp³-hybridized carbons (Fsp3) is 0.318. The summed E-state index contributed by atoms with van der Waals surface area (Å²) >= 11 is 3.35. The van der Waals surface area contributed by atoms with Crippen LogP contribution in [-0.4, -0.2) is 46.0 Å². The quantitative estimate of drug-likeness (QED) is 0.522. The molecular formula is C22H23N5OS2. The van der Waals surface area contributed by atoms with Gasteiger partial charge in [0, 0.05) is 37.3 Å². The van der Waals surface area contributed by atoms with Crippen LogP contribution in [0.4, 0.5) is 5.13 Å². The Morgan fingerprint density at radius 1 is 1.07 bits per heavy atom. The highest BCUT2D eigenvalue weighted by atomic mass is 32.1. The normalized spacial score (nSPS) is 15.2. The predicted molar refractivity (Wildman–Crippen MR) is 125 cm³/mol. The van der Waals surface area contributed by atoms with Gasteiger partial charge < -0.3 is 9.88 Å². The lowest BCUT2D eigenvalue weighted by atomic mass is 10.2. The number of aromatic nitrogens is 3. The highest BCUT2D eigenvalue weighted by Crippen LogP contribution is 2.31. The maximum Gasteiger partial charge on any atom is 0.259 e. The number of aromatic amines is 1. The predicted octanol–water partition coefficient (Wildman–Crippen LogP) is 4.05. The van der Waals surface area contributed by atoms with Crippen molar-refractivity contribution >= 4 is 38.0 Å². The summed E-state index contributed by atoms with van der Waals surface area (Å²) in [5, 5.41) is 1.81. The van der Waals surface area contributed by atoms with Crippen molar-refractivity contribution in [2.45, 2.75) is 20.4 Å². The van der Waals surface area contributed by atoms with Crippen molar-refractivity contribution in [1.82, 2.24) is 19.9 Å². The number of anilines is 1. The number of nitrogens with zero attached hydrogens (tertiary/aromatic N) is 4. The standard InChI is InChI=1S/C22H23N5OS2/c1-14-15(2)29-21-19(14)20(28)24-18(25-21)13-26-8-10-27(11-9-26)22-23-12-17(30-22)16-6-4-3-5-7-16/h3-7,12H,8-11,13H2,1-2H3,(H,24,25,28). The molecule has 1 aliphatic rings. The molecule has 154 valence electrons. The van der Waals surface area contributed by atoms with Crippen LogP contribution in [-0.2, 0) is 6.54 Å². The van der Waals surface area contributed by atoms with Crippen LogP contribution in [0.3, 0.4) is 0 Å². The Labute approximate surface area is 182 Å². The Kier molecular flexibility index (Phi) is 5.14. The van der Waals surface area contributed by atoms with E-state index in [9.17, 15) is 4.79 Å². The number of hydrogen-bond acceptors (Lipinski definition) is 7. The maximum atomic E-state index is 12.5. The SMILES string of the molecule is Cc1sc2nc(CN3CCN(c4ncc(-c5ccccc5)s4)CC3)[nH]c(=O)c2c1C. The van der Waals surface area contributed by atoms with Gasteiger partial charge in [0.2, 0.25) is 0 Å². The monoisotopic (exact) mass is 437 g/mol. The van der Waals surface area contributed by atoms with Gasteiger partial charge in [-0.2, -0.15) is 0 Å². The molecule has 4 heterocycles. The first-order valence-electron chi connectivity index (χ1n) is 10.1. The number of rotatable bonds is 4. The molecular weight excluding hydrogens is 414 g/mol. The number of thiazole rings is 1. The first-order chi connectivity index (χ1) is 14.6. The van der Waals surface area contributed by atoms with Crippen LogP contribution in [0.15, 0.2) is 41.3 Å². The topological polar surface area (TPSA) is 65.1 Å². The molecule has 5 rings (SSSR count). The second-order valence-corrected chi connectivity index (χ2v) is 9.82. The van der Waals surface area contributed by atoms with Gasteiger partial charge in [0.1, 0.15) is 10.7 Å². The van der Waals surface area contributed by atoms with Gasteiger partial charge in [-0.1, -0.05) is 41.7 Å². The number of nitrogens with one attached hydrogen (secondary N) is 1. The number of aryl methyl sites for hydroxylation is 2. The first-order valence-corrected chi connectivity index (χ1v) is 11.7. The molecule has 30 heavy (non-hydrogen) atoms. The molecule has 8 heteroatoms. The minimum atomic E-state index is -0.0216. The van der Waals surface area contributed by atoms with Crippen molar-refractivity contribution in [3.8, 4) is 10.4 Å². The van der Waals surface area contributed by atoms with E-state index in [2.05, 4.69) is 44.0 Å². The van der Waals surface area contributed by atoms with Gasteiger partial charge in [-0.15, -0.1) is 11.3 Å². The third-order valence-electron chi connectivity index (χ3n) is 5.66. The Bertz CT molecular complexity index is 1240. The fourth-order valence-electron chi connectivity index (χ4n) is 3.83. The Morgan fingerprint density at radius 3 is 2.60 bits per heavy atom. The molecule has 0 atom stereocenters. The van der Waals surface area contributed by atoms with E-state index in [0.717, 1.165) is 57.8 Å². The van der Waals surface area contributed by atoms with E-state index < -0.39 is 0 Å². The van der Waals surface area contributed by atoms with Crippen molar-refractivity contribution in [2.24, 2.45) is 0 Å². The molecule has 1 aliphatic heterocycles. The van der Waals surface area contributed by atoms with Crippen molar-refractivity contribution in [3.63, 3.8) is 0 Å². The summed E-state index contributed by atoms with van der Waals surface area (Å²) in [6, 6.07) is 10.4. The van der Waals surface area contributed by atoms with E-state index in [0.29, 0.717) is 6.54 Å². The van der Waals surface area contributed by atoms with Crippen LogP contribution >= 0.6 is 22.7 Å². The molecule has 0 radical (unpaired) electrons. The molecule has 4 aromatic rings. The van der Waals surface area contributed by atoms with Crippen molar-refractivity contribution in [3.05, 3.63) is 63.1 Å². The zero-order valence-electron chi connectivity index (χ0n) is 17.0. The molecule has 1 N–H and O–H groups in total. The maximum absolute atomic E-state index is 12.5. The summed E-state index contributed by atoms with van der Waals surface area (Å²) in [6.07, 6.45) is 1.97. The molecule has 0 spiro atoms. The van der Waals surface area contributed by atoms with Gasteiger partial charge in [-0.25, -0.2) is 9.97 Å². The van der Waals surface area contributed by atoms with Crippen molar-refractivity contribution in [2.75, 3.05) is 31.1 Å². The van der Waals surface area contributed by atoms with E-state index in [1.807, 2.05) is 26.1 Å². The van der Waals surface area contributed by atoms with Crippen LogP contribution in [0.1, 0.15) is 16.3 Å². The van der Waals surface area contributed by atoms with Gasteiger partial charge in [-0.3, -0.25) is 9.69 Å². The van der Waals surface area contributed by atoms with Gasteiger partial charge in [0.25, 0.3) is 5.56 Å². The molecule has 3 aromatic heterocycles. The molecule has 0 aliphatic carbocycles. The van der Waals surface area contributed by atoms with Gasteiger partial charge >= 0.3 is 0 Å². The number of hydrogen-bond donors (Lipinski definition) is 1. The van der Waals surface area contributed by atoms with Crippen LogP contribution in [0.25, 0.3) is 20.7 Å². The van der Waals surface area contributed by atoms with Crippen molar-refractivity contribution < 1.29 is 0 Å². The Hall–Kier alpha value is -2.55. The highest BCUT2D eigenvalue weighted by Gasteiger charge is 2.21. The molecule has 0 unspecified atom stereocenters. The summed E-state index contributed by atoms with van der Waals surface area (Å²) < 4.78 is 0. The number of thiophene rings is 1. The van der Waals surface area contributed by atoms with Crippen molar-refractivity contribution in [1.29, 1.82) is 0 Å². The number of benzene rings is 1. The average molecular weight is 438 g/mol. The minimum Gasteiger partial charge on any atom is -0.346 e. The molecule has 1 aromatic carbocycles. The van der Waals surface area contributed by atoms with Crippen LogP contribution in [0.2, 0.25) is 0 Å². The first kappa shape index (κ1) is 19.4. The lowest BCUT2D eigenvalue weighted by Crippen LogP contribution is -2.46. The summed E-state index contributed by atoms with van der Waals surface area (Å²) in [6.45, 7) is 8.39. The number of piperazine rings is 1.